The number of amides is 1. The molecule has 0 spiro atoms. The van der Waals surface area contributed by atoms with Gasteiger partial charge in [-0.25, -0.2) is 0 Å². The van der Waals surface area contributed by atoms with E-state index in [-0.39, 0.29) is 5.91 Å². The van der Waals surface area contributed by atoms with E-state index < -0.39 is 0 Å². The van der Waals surface area contributed by atoms with Gasteiger partial charge in [-0.15, -0.1) is 6.58 Å². The number of nitrogens with zero attached hydrogens (tertiary/aromatic N) is 1. The molecule has 1 heterocycles. The van der Waals surface area contributed by atoms with Crippen LogP contribution in [0.25, 0.3) is 10.9 Å². The fraction of sp³-hybridized carbons (Fsp3) is 0.312. The molecule has 0 aliphatic heterocycles. The number of rotatable bonds is 6. The van der Waals surface area contributed by atoms with Crippen molar-refractivity contribution in [1.29, 1.82) is 0 Å². The lowest BCUT2D eigenvalue weighted by Gasteiger charge is -2.20. The largest absolute Gasteiger partial charge is 0.361 e. The van der Waals surface area contributed by atoms with E-state index in [1.165, 1.54) is 0 Å². The molecule has 0 saturated carbocycles. The molecule has 0 aliphatic rings. The molecule has 0 saturated heterocycles. The highest BCUT2D eigenvalue weighted by Crippen LogP contribution is 2.18. The average Bonchev–Trinajstić information content (AvgIpc) is 2.82. The minimum atomic E-state index is 0.159. The smallest absolute Gasteiger partial charge is 0.227 e. The van der Waals surface area contributed by atoms with Crippen LogP contribution < -0.4 is 0 Å². The first-order chi connectivity index (χ1) is 9.26. The average molecular weight is 256 g/mol. The minimum absolute atomic E-state index is 0.159. The highest BCUT2D eigenvalue weighted by Gasteiger charge is 2.14. The first-order valence-corrected chi connectivity index (χ1v) is 6.70. The molecule has 0 atom stereocenters. The standard InChI is InChI=1S/C16H20N2O/c1-3-9-18(10-4-2)16(19)11-13-12-17-15-8-6-5-7-14(13)15/h3,5-8,12,17H,1,4,9-11H2,2H3. The monoisotopic (exact) mass is 256 g/mol. The Morgan fingerprint density at radius 3 is 2.95 bits per heavy atom. The lowest BCUT2D eigenvalue weighted by molar-refractivity contribution is -0.129. The van der Waals surface area contributed by atoms with Gasteiger partial charge in [-0.2, -0.15) is 0 Å². The van der Waals surface area contributed by atoms with E-state index in [0.717, 1.165) is 29.4 Å². The lowest BCUT2D eigenvalue weighted by Crippen LogP contribution is -2.33. The van der Waals surface area contributed by atoms with Gasteiger partial charge in [0.05, 0.1) is 6.42 Å². The zero-order valence-electron chi connectivity index (χ0n) is 11.4. The van der Waals surface area contributed by atoms with Gasteiger partial charge in [-0.05, 0) is 18.1 Å². The van der Waals surface area contributed by atoms with Gasteiger partial charge in [0.2, 0.25) is 5.91 Å². The molecule has 19 heavy (non-hydrogen) atoms. The van der Waals surface area contributed by atoms with Crippen LogP contribution in [0.15, 0.2) is 43.1 Å². The molecule has 3 heteroatoms. The van der Waals surface area contributed by atoms with Gasteiger partial charge in [0.15, 0.2) is 0 Å². The molecule has 1 aromatic carbocycles. The van der Waals surface area contributed by atoms with E-state index in [0.29, 0.717) is 13.0 Å². The summed E-state index contributed by atoms with van der Waals surface area (Å²) in [7, 11) is 0. The fourth-order valence-corrected chi connectivity index (χ4v) is 2.30. The maximum Gasteiger partial charge on any atom is 0.227 e. The number of aromatic nitrogens is 1. The van der Waals surface area contributed by atoms with Gasteiger partial charge < -0.3 is 9.88 Å². The van der Waals surface area contributed by atoms with Crippen molar-refractivity contribution in [2.75, 3.05) is 13.1 Å². The second kappa shape index (κ2) is 6.23. The van der Waals surface area contributed by atoms with Gasteiger partial charge in [0.25, 0.3) is 0 Å². The van der Waals surface area contributed by atoms with E-state index >= 15 is 0 Å². The number of hydrogen-bond acceptors (Lipinski definition) is 1. The number of aromatic amines is 1. The van der Waals surface area contributed by atoms with Gasteiger partial charge >= 0.3 is 0 Å². The zero-order chi connectivity index (χ0) is 13.7. The van der Waals surface area contributed by atoms with Crippen molar-refractivity contribution < 1.29 is 4.79 Å². The van der Waals surface area contributed by atoms with Gasteiger partial charge in [0, 0.05) is 30.2 Å². The summed E-state index contributed by atoms with van der Waals surface area (Å²) in [5.74, 6) is 0.159. The Labute approximate surface area is 113 Å². The first-order valence-electron chi connectivity index (χ1n) is 6.70. The van der Waals surface area contributed by atoms with Gasteiger partial charge in [-0.3, -0.25) is 4.79 Å². The SMILES string of the molecule is C=CCN(CCC)C(=O)Cc1c[nH]c2ccccc12. The van der Waals surface area contributed by atoms with E-state index in [1.54, 1.807) is 6.08 Å². The normalized spacial score (nSPS) is 10.6. The van der Waals surface area contributed by atoms with Crippen LogP contribution in [0, 0.1) is 0 Å². The molecular weight excluding hydrogens is 236 g/mol. The lowest BCUT2D eigenvalue weighted by atomic mass is 10.1. The van der Waals surface area contributed by atoms with Crippen LogP contribution in [0.5, 0.6) is 0 Å². The number of hydrogen-bond donors (Lipinski definition) is 1. The summed E-state index contributed by atoms with van der Waals surface area (Å²) in [5, 5.41) is 1.13. The fourth-order valence-electron chi connectivity index (χ4n) is 2.30. The van der Waals surface area contributed by atoms with Crippen LogP contribution in [-0.4, -0.2) is 28.9 Å². The summed E-state index contributed by atoms with van der Waals surface area (Å²) in [5.41, 5.74) is 2.14. The summed E-state index contributed by atoms with van der Waals surface area (Å²) in [6, 6.07) is 8.06. The van der Waals surface area contributed by atoms with Crippen molar-refractivity contribution in [1.82, 2.24) is 9.88 Å². The molecule has 2 aromatic rings. The minimum Gasteiger partial charge on any atom is -0.361 e. The molecule has 1 N–H and O–H groups in total. The summed E-state index contributed by atoms with van der Waals surface area (Å²) >= 11 is 0. The summed E-state index contributed by atoms with van der Waals surface area (Å²) in [6.07, 6.45) is 5.12. The third-order valence-electron chi connectivity index (χ3n) is 3.21. The van der Waals surface area contributed by atoms with E-state index in [1.807, 2.05) is 35.4 Å². The molecule has 0 aliphatic carbocycles. The van der Waals surface area contributed by atoms with Gasteiger partial charge in [0.1, 0.15) is 0 Å². The molecule has 1 aromatic heterocycles. The number of carbonyl (C=O) groups excluding carboxylic acids is 1. The molecule has 3 nitrogen and oxygen atoms in total. The predicted octanol–water partition coefficient (Wildman–Crippen LogP) is 3.14. The van der Waals surface area contributed by atoms with E-state index in [9.17, 15) is 4.79 Å². The molecule has 0 fully saturated rings. The third kappa shape index (κ3) is 3.05. The predicted molar refractivity (Wildman–Crippen MR) is 79.1 cm³/mol. The Kier molecular flexibility index (Phi) is 4.39. The van der Waals surface area contributed by atoms with Crippen molar-refractivity contribution >= 4 is 16.8 Å². The maximum atomic E-state index is 12.3. The van der Waals surface area contributed by atoms with Crippen LogP contribution in [0.3, 0.4) is 0 Å². The molecular formula is C16H20N2O. The Morgan fingerprint density at radius 2 is 2.21 bits per heavy atom. The van der Waals surface area contributed by atoms with Crippen molar-refractivity contribution in [3.05, 3.63) is 48.7 Å². The van der Waals surface area contributed by atoms with Crippen LogP contribution in [0.2, 0.25) is 0 Å². The quantitative estimate of drug-likeness (QED) is 0.792. The third-order valence-corrected chi connectivity index (χ3v) is 3.21. The number of carbonyl (C=O) groups is 1. The van der Waals surface area contributed by atoms with Crippen molar-refractivity contribution in [3.63, 3.8) is 0 Å². The first kappa shape index (κ1) is 13.4. The number of fused-ring (bicyclic) bond motifs is 1. The summed E-state index contributed by atoms with van der Waals surface area (Å²) in [4.78, 5) is 17.4. The molecule has 2 rings (SSSR count). The van der Waals surface area contributed by atoms with Crippen molar-refractivity contribution in [3.8, 4) is 0 Å². The summed E-state index contributed by atoms with van der Waals surface area (Å²) < 4.78 is 0. The van der Waals surface area contributed by atoms with Crippen LogP contribution in [0.4, 0.5) is 0 Å². The second-order valence-corrected chi connectivity index (χ2v) is 4.66. The van der Waals surface area contributed by atoms with E-state index in [2.05, 4.69) is 18.5 Å². The highest BCUT2D eigenvalue weighted by molar-refractivity contribution is 5.88. The number of para-hydroxylation sites is 1. The molecule has 100 valence electrons. The van der Waals surface area contributed by atoms with Gasteiger partial charge in [-0.1, -0.05) is 31.2 Å². The van der Waals surface area contributed by atoms with Crippen LogP contribution >= 0.6 is 0 Å². The number of nitrogens with one attached hydrogen (secondary N) is 1. The maximum absolute atomic E-state index is 12.3. The summed E-state index contributed by atoms with van der Waals surface area (Å²) in [6.45, 7) is 7.20. The molecule has 0 bridgehead atoms. The molecule has 1 amide bonds. The Balaban J connectivity index is 2.15. The van der Waals surface area contributed by atoms with E-state index in [4.69, 9.17) is 0 Å². The molecule has 0 unspecified atom stereocenters. The van der Waals surface area contributed by atoms with Crippen molar-refractivity contribution in [2.45, 2.75) is 19.8 Å². The van der Waals surface area contributed by atoms with Crippen LogP contribution in [0.1, 0.15) is 18.9 Å². The highest BCUT2D eigenvalue weighted by atomic mass is 16.2. The van der Waals surface area contributed by atoms with Crippen molar-refractivity contribution in [2.24, 2.45) is 0 Å². The van der Waals surface area contributed by atoms with Crippen LogP contribution in [-0.2, 0) is 11.2 Å². The number of H-pyrrole nitrogens is 1. The second-order valence-electron chi connectivity index (χ2n) is 4.66. The Hall–Kier alpha value is -2.03. The Morgan fingerprint density at radius 1 is 1.42 bits per heavy atom. The Bertz CT molecular complexity index is 571. The molecule has 0 radical (unpaired) electrons. The topological polar surface area (TPSA) is 36.1 Å². The zero-order valence-corrected chi connectivity index (χ0v) is 11.4. The number of benzene rings is 1.